The van der Waals surface area contributed by atoms with Gasteiger partial charge in [-0.25, -0.2) is 4.98 Å². The van der Waals surface area contributed by atoms with Gasteiger partial charge in [0.05, 0.1) is 31.2 Å². The molecule has 4 rings (SSSR count). The predicted molar refractivity (Wildman–Crippen MR) is 117 cm³/mol. The third-order valence-electron chi connectivity index (χ3n) is 5.86. The van der Waals surface area contributed by atoms with Gasteiger partial charge < -0.3 is 14.2 Å². The zero-order chi connectivity index (χ0) is 22.7. The van der Waals surface area contributed by atoms with Crippen molar-refractivity contribution in [3.63, 3.8) is 0 Å². The van der Waals surface area contributed by atoms with Crippen molar-refractivity contribution >= 4 is 29.1 Å². The molecule has 1 saturated carbocycles. The van der Waals surface area contributed by atoms with Gasteiger partial charge in [0.25, 0.3) is 0 Å². The lowest BCUT2D eigenvalue weighted by Gasteiger charge is -2.19. The molecule has 32 heavy (non-hydrogen) atoms. The van der Waals surface area contributed by atoms with E-state index >= 15 is 0 Å². The molecule has 2 unspecified atom stereocenters. The number of hydrogen-bond donors (Lipinski definition) is 0. The number of rotatable bonds is 8. The lowest BCUT2D eigenvalue weighted by molar-refractivity contribution is -0.153. The number of aromatic nitrogens is 1. The number of benzene rings is 1. The van der Waals surface area contributed by atoms with E-state index in [4.69, 9.17) is 14.2 Å². The predicted octanol–water partition coefficient (Wildman–Crippen LogP) is 3.44. The molecule has 8 nitrogen and oxygen atoms in total. The van der Waals surface area contributed by atoms with Crippen LogP contribution in [0.4, 0.5) is 0 Å². The van der Waals surface area contributed by atoms with Crippen LogP contribution in [0.5, 0.6) is 11.5 Å². The molecule has 1 aromatic heterocycles. The summed E-state index contributed by atoms with van der Waals surface area (Å²) in [4.78, 5) is 42.9. The van der Waals surface area contributed by atoms with Crippen molar-refractivity contribution < 1.29 is 28.6 Å². The summed E-state index contributed by atoms with van der Waals surface area (Å²) < 4.78 is 16.2. The molecule has 2 aliphatic rings. The van der Waals surface area contributed by atoms with E-state index in [0.717, 1.165) is 41.2 Å². The summed E-state index contributed by atoms with van der Waals surface area (Å²) in [5.41, 5.74) is 1.46. The highest BCUT2D eigenvalue weighted by Crippen LogP contribution is 2.38. The number of esters is 1. The zero-order valence-electron chi connectivity index (χ0n) is 18.2. The maximum absolute atomic E-state index is 12.5. The van der Waals surface area contributed by atoms with Gasteiger partial charge in [0.1, 0.15) is 18.2 Å². The Bertz CT molecular complexity index is 996. The number of imide groups is 1. The molecule has 0 bridgehead atoms. The van der Waals surface area contributed by atoms with Crippen LogP contribution in [0.1, 0.15) is 38.3 Å². The van der Waals surface area contributed by atoms with Crippen molar-refractivity contribution in [1.29, 1.82) is 0 Å². The molecule has 2 heterocycles. The van der Waals surface area contributed by atoms with Gasteiger partial charge in [-0.05, 0) is 38.0 Å². The maximum atomic E-state index is 12.5. The molecule has 1 aliphatic carbocycles. The fraction of sp³-hybridized carbons (Fsp3) is 0.478. The van der Waals surface area contributed by atoms with Crippen molar-refractivity contribution in [3.05, 3.63) is 29.3 Å². The summed E-state index contributed by atoms with van der Waals surface area (Å²) in [5.74, 6) is -0.340. The first-order valence-corrected chi connectivity index (χ1v) is 11.7. The molecule has 2 fully saturated rings. The Morgan fingerprint density at radius 3 is 2.53 bits per heavy atom. The van der Waals surface area contributed by atoms with Crippen LogP contribution in [0, 0.1) is 11.8 Å². The first-order chi connectivity index (χ1) is 15.5. The van der Waals surface area contributed by atoms with Gasteiger partial charge in [0.15, 0.2) is 11.5 Å². The van der Waals surface area contributed by atoms with Gasteiger partial charge >= 0.3 is 5.97 Å². The average molecular weight is 459 g/mol. The monoisotopic (exact) mass is 458 g/mol. The van der Waals surface area contributed by atoms with E-state index in [9.17, 15) is 14.4 Å². The van der Waals surface area contributed by atoms with Crippen LogP contribution in [0.3, 0.4) is 0 Å². The molecule has 170 valence electrons. The van der Waals surface area contributed by atoms with Crippen LogP contribution >= 0.6 is 11.3 Å². The van der Waals surface area contributed by atoms with E-state index in [0.29, 0.717) is 23.8 Å². The Labute approximate surface area is 190 Å². The minimum absolute atomic E-state index is 0.0213. The molecule has 1 aliphatic heterocycles. The summed E-state index contributed by atoms with van der Waals surface area (Å²) in [6.45, 7) is 2.09. The smallest absolute Gasteiger partial charge is 0.326 e. The Kier molecular flexibility index (Phi) is 6.74. The molecule has 0 N–H and O–H groups in total. The molecule has 2 atom stereocenters. The fourth-order valence-electron chi connectivity index (χ4n) is 4.30. The van der Waals surface area contributed by atoms with Crippen LogP contribution < -0.4 is 9.47 Å². The molecule has 2 amide bonds. The summed E-state index contributed by atoms with van der Waals surface area (Å²) in [5, 5.41) is 2.57. The van der Waals surface area contributed by atoms with Crippen LogP contribution in [0.25, 0.3) is 10.6 Å². The standard InChI is InChI=1S/C23H26N2O6S/c1-3-30-18-9-8-14(10-19(18)29-2)21-24-15(13-32-21)12-31-20(26)11-25-22(27)16-6-4-5-7-17(16)23(25)28/h8-10,13,16-17H,3-7,11-12H2,1-2H3. The van der Waals surface area contributed by atoms with Crippen LogP contribution in [-0.2, 0) is 25.7 Å². The summed E-state index contributed by atoms with van der Waals surface area (Å²) >= 11 is 1.42. The second kappa shape index (κ2) is 9.68. The van der Waals surface area contributed by atoms with E-state index in [1.165, 1.54) is 11.3 Å². The maximum Gasteiger partial charge on any atom is 0.326 e. The molecule has 0 spiro atoms. The first-order valence-electron chi connectivity index (χ1n) is 10.8. The highest BCUT2D eigenvalue weighted by Gasteiger charge is 2.48. The van der Waals surface area contributed by atoms with Gasteiger partial charge in [0.2, 0.25) is 11.8 Å². The lowest BCUT2D eigenvalue weighted by Crippen LogP contribution is -2.36. The number of likely N-dealkylation sites (tertiary alicyclic amines) is 1. The highest BCUT2D eigenvalue weighted by molar-refractivity contribution is 7.13. The van der Waals surface area contributed by atoms with E-state index in [1.54, 1.807) is 7.11 Å². The molecule has 1 saturated heterocycles. The summed E-state index contributed by atoms with van der Waals surface area (Å²) in [6.07, 6.45) is 3.34. The summed E-state index contributed by atoms with van der Waals surface area (Å²) in [7, 11) is 1.58. The summed E-state index contributed by atoms with van der Waals surface area (Å²) in [6, 6.07) is 5.58. The van der Waals surface area contributed by atoms with E-state index in [-0.39, 0.29) is 36.8 Å². The quantitative estimate of drug-likeness (QED) is 0.442. The van der Waals surface area contributed by atoms with Gasteiger partial charge in [-0.15, -0.1) is 11.3 Å². The number of ether oxygens (including phenoxy) is 3. The Balaban J connectivity index is 1.35. The molecular formula is C23H26N2O6S. The van der Waals surface area contributed by atoms with Gasteiger partial charge in [-0.1, -0.05) is 12.8 Å². The highest BCUT2D eigenvalue weighted by atomic mass is 32.1. The number of amides is 2. The van der Waals surface area contributed by atoms with Crippen molar-refractivity contribution in [2.24, 2.45) is 11.8 Å². The Morgan fingerprint density at radius 1 is 1.16 bits per heavy atom. The molecule has 0 radical (unpaired) electrons. The molecule has 2 aromatic rings. The van der Waals surface area contributed by atoms with Crippen molar-refractivity contribution in [1.82, 2.24) is 9.88 Å². The van der Waals surface area contributed by atoms with Crippen LogP contribution in [0.2, 0.25) is 0 Å². The number of fused-ring (bicyclic) bond motifs is 1. The van der Waals surface area contributed by atoms with Gasteiger partial charge in [0, 0.05) is 10.9 Å². The normalized spacial score (nSPS) is 20.2. The number of carbonyl (C=O) groups is 3. The van der Waals surface area contributed by atoms with E-state index in [1.807, 2.05) is 30.5 Å². The first kappa shape index (κ1) is 22.3. The van der Waals surface area contributed by atoms with Crippen molar-refractivity contribution in [3.8, 4) is 22.1 Å². The Hall–Kier alpha value is -2.94. The molecular weight excluding hydrogens is 432 g/mol. The van der Waals surface area contributed by atoms with Crippen molar-refractivity contribution in [2.75, 3.05) is 20.3 Å². The largest absolute Gasteiger partial charge is 0.493 e. The minimum Gasteiger partial charge on any atom is -0.493 e. The fourth-order valence-corrected chi connectivity index (χ4v) is 5.10. The third-order valence-corrected chi connectivity index (χ3v) is 6.80. The van der Waals surface area contributed by atoms with Crippen LogP contribution in [-0.4, -0.2) is 47.9 Å². The van der Waals surface area contributed by atoms with Crippen LogP contribution in [0.15, 0.2) is 23.6 Å². The SMILES string of the molecule is CCOc1ccc(-c2nc(COC(=O)CN3C(=O)C4CCCCC4C3=O)cs2)cc1OC. The second-order valence-corrected chi connectivity index (χ2v) is 8.72. The van der Waals surface area contributed by atoms with Crippen molar-refractivity contribution in [2.45, 2.75) is 39.2 Å². The number of methoxy groups -OCH3 is 1. The van der Waals surface area contributed by atoms with E-state index in [2.05, 4.69) is 4.98 Å². The lowest BCUT2D eigenvalue weighted by atomic mass is 9.81. The molecule has 1 aromatic carbocycles. The number of nitrogens with zero attached hydrogens (tertiary/aromatic N) is 2. The van der Waals surface area contributed by atoms with Gasteiger partial charge in [-0.3, -0.25) is 19.3 Å². The number of carbonyl (C=O) groups excluding carboxylic acids is 3. The molecule has 9 heteroatoms. The average Bonchev–Trinajstić information content (AvgIpc) is 3.38. The Morgan fingerprint density at radius 2 is 1.88 bits per heavy atom. The minimum atomic E-state index is -0.609. The second-order valence-electron chi connectivity index (χ2n) is 7.86. The topological polar surface area (TPSA) is 95.0 Å². The zero-order valence-corrected chi connectivity index (χ0v) is 19.0. The number of thiazole rings is 1. The third kappa shape index (κ3) is 4.48. The van der Waals surface area contributed by atoms with E-state index < -0.39 is 5.97 Å². The number of hydrogen-bond acceptors (Lipinski definition) is 8. The van der Waals surface area contributed by atoms with Gasteiger partial charge in [-0.2, -0.15) is 0 Å².